The maximum atomic E-state index is 5.12. The van der Waals surface area contributed by atoms with Crippen molar-refractivity contribution in [2.75, 3.05) is 0 Å². The summed E-state index contributed by atoms with van der Waals surface area (Å²) >= 11 is 1.81. The van der Waals surface area contributed by atoms with Crippen molar-refractivity contribution in [3.05, 3.63) is 152 Å². The number of rotatable bonds is 4. The van der Waals surface area contributed by atoms with Crippen LogP contribution in [0.1, 0.15) is 0 Å². The van der Waals surface area contributed by atoms with Crippen molar-refractivity contribution in [2.24, 2.45) is 0 Å². The first kappa shape index (κ1) is 25.8. The van der Waals surface area contributed by atoms with Crippen LogP contribution in [0.2, 0.25) is 0 Å². The molecular formula is C41H25N3S. The van der Waals surface area contributed by atoms with E-state index in [9.17, 15) is 0 Å². The van der Waals surface area contributed by atoms with Crippen molar-refractivity contribution in [3.8, 4) is 45.3 Å². The largest absolute Gasteiger partial charge is 0.208 e. The van der Waals surface area contributed by atoms with Crippen LogP contribution in [0.3, 0.4) is 0 Å². The Bertz CT molecular complexity index is 2550. The number of benzene rings is 7. The van der Waals surface area contributed by atoms with Crippen molar-refractivity contribution in [1.29, 1.82) is 0 Å². The topological polar surface area (TPSA) is 38.7 Å². The average Bonchev–Trinajstić information content (AvgIpc) is 3.49. The van der Waals surface area contributed by atoms with Crippen LogP contribution >= 0.6 is 11.3 Å². The first-order valence-corrected chi connectivity index (χ1v) is 15.8. The second-order valence-electron chi connectivity index (χ2n) is 11.3. The summed E-state index contributed by atoms with van der Waals surface area (Å²) in [6.07, 6.45) is 0. The Morgan fingerprint density at radius 2 is 0.933 bits per heavy atom. The highest BCUT2D eigenvalue weighted by atomic mass is 32.1. The first-order valence-electron chi connectivity index (χ1n) is 15.0. The zero-order chi connectivity index (χ0) is 29.7. The Kier molecular flexibility index (Phi) is 6.00. The number of thiophene rings is 1. The Balaban J connectivity index is 1.23. The van der Waals surface area contributed by atoms with E-state index in [1.54, 1.807) is 0 Å². The van der Waals surface area contributed by atoms with Gasteiger partial charge in [-0.1, -0.05) is 127 Å². The van der Waals surface area contributed by atoms with Crippen LogP contribution in [0.4, 0.5) is 0 Å². The molecular weight excluding hydrogens is 567 g/mol. The van der Waals surface area contributed by atoms with Gasteiger partial charge in [0, 0.05) is 36.9 Å². The SMILES string of the molecule is c1ccc(-c2nc(-c3ccc4ccccc4c3)nc(-c3cccc4sc5cc(-c6ccc7ccccc7c6)ccc5c34)n2)cc1. The molecule has 0 N–H and O–H groups in total. The van der Waals surface area contributed by atoms with Gasteiger partial charge < -0.3 is 0 Å². The van der Waals surface area contributed by atoms with Crippen LogP contribution in [0.5, 0.6) is 0 Å². The highest BCUT2D eigenvalue weighted by Crippen LogP contribution is 2.41. The van der Waals surface area contributed by atoms with E-state index in [-0.39, 0.29) is 0 Å². The summed E-state index contributed by atoms with van der Waals surface area (Å²) < 4.78 is 2.46. The number of aromatic nitrogens is 3. The van der Waals surface area contributed by atoms with Crippen molar-refractivity contribution < 1.29 is 0 Å². The van der Waals surface area contributed by atoms with E-state index in [1.807, 2.05) is 29.5 Å². The number of hydrogen-bond donors (Lipinski definition) is 0. The molecule has 0 amide bonds. The Morgan fingerprint density at radius 3 is 1.69 bits per heavy atom. The van der Waals surface area contributed by atoms with Crippen molar-refractivity contribution in [1.82, 2.24) is 15.0 Å². The van der Waals surface area contributed by atoms with Crippen LogP contribution < -0.4 is 0 Å². The maximum Gasteiger partial charge on any atom is 0.164 e. The summed E-state index contributed by atoms with van der Waals surface area (Å²) in [4.78, 5) is 15.2. The second-order valence-corrected chi connectivity index (χ2v) is 12.4. The van der Waals surface area contributed by atoms with Crippen molar-refractivity contribution in [3.63, 3.8) is 0 Å². The third-order valence-corrected chi connectivity index (χ3v) is 9.61. The molecule has 2 aromatic heterocycles. The molecule has 9 rings (SSSR count). The van der Waals surface area contributed by atoms with Gasteiger partial charge in [0.25, 0.3) is 0 Å². The van der Waals surface area contributed by atoms with Crippen molar-refractivity contribution in [2.45, 2.75) is 0 Å². The van der Waals surface area contributed by atoms with Gasteiger partial charge in [-0.15, -0.1) is 11.3 Å². The van der Waals surface area contributed by atoms with Crippen LogP contribution in [0.15, 0.2) is 152 Å². The normalized spacial score (nSPS) is 11.6. The molecule has 4 heteroatoms. The molecule has 9 aromatic rings. The predicted octanol–water partition coefficient (Wildman–Crippen LogP) is 11.2. The van der Waals surface area contributed by atoms with Gasteiger partial charge in [0.05, 0.1) is 0 Å². The van der Waals surface area contributed by atoms with E-state index >= 15 is 0 Å². The zero-order valence-corrected chi connectivity index (χ0v) is 25.0. The summed E-state index contributed by atoms with van der Waals surface area (Å²) in [6.45, 7) is 0. The van der Waals surface area contributed by atoms with Gasteiger partial charge in [-0.3, -0.25) is 0 Å². The quantitative estimate of drug-likeness (QED) is 0.204. The lowest BCUT2D eigenvalue weighted by Crippen LogP contribution is -2.00. The fraction of sp³-hybridized carbons (Fsp3) is 0. The van der Waals surface area contributed by atoms with Crippen molar-refractivity contribution >= 4 is 53.1 Å². The minimum absolute atomic E-state index is 0.666. The van der Waals surface area contributed by atoms with Gasteiger partial charge in [0.15, 0.2) is 17.5 Å². The molecule has 0 spiro atoms. The molecule has 2 heterocycles. The molecule has 0 saturated carbocycles. The molecule has 0 saturated heterocycles. The van der Waals surface area contributed by atoms with Crippen LogP contribution in [-0.2, 0) is 0 Å². The van der Waals surface area contributed by atoms with E-state index in [2.05, 4.69) is 133 Å². The second kappa shape index (κ2) is 10.5. The zero-order valence-electron chi connectivity index (χ0n) is 24.2. The minimum atomic E-state index is 0.666. The van der Waals surface area contributed by atoms with Gasteiger partial charge in [-0.25, -0.2) is 15.0 Å². The first-order chi connectivity index (χ1) is 22.3. The average molecular weight is 592 g/mol. The molecule has 0 bridgehead atoms. The summed E-state index contributed by atoms with van der Waals surface area (Å²) in [5, 5.41) is 7.24. The molecule has 45 heavy (non-hydrogen) atoms. The Labute approximate surface area is 264 Å². The van der Waals surface area contributed by atoms with E-state index in [0.717, 1.165) is 22.1 Å². The molecule has 7 aromatic carbocycles. The molecule has 0 aliphatic heterocycles. The lowest BCUT2D eigenvalue weighted by Gasteiger charge is -2.10. The van der Waals surface area contributed by atoms with Gasteiger partial charge >= 0.3 is 0 Å². The molecule has 3 nitrogen and oxygen atoms in total. The standard InChI is InChI=1S/C41H25N3S/c1-2-11-28(12-3-1)39-42-40(33-20-18-27-10-5-7-14-30(27)24-33)44-41(43-39)35-15-8-16-36-38(35)34-22-21-32(25-37(34)45-36)31-19-17-26-9-4-6-13-29(26)23-31/h1-25H. The third kappa shape index (κ3) is 4.55. The lowest BCUT2D eigenvalue weighted by atomic mass is 9.99. The van der Waals surface area contributed by atoms with E-state index in [4.69, 9.17) is 15.0 Å². The Morgan fingerprint density at radius 1 is 0.356 bits per heavy atom. The fourth-order valence-electron chi connectivity index (χ4n) is 6.23. The van der Waals surface area contributed by atoms with E-state index < -0.39 is 0 Å². The smallest absolute Gasteiger partial charge is 0.164 e. The summed E-state index contributed by atoms with van der Waals surface area (Å²) in [5.41, 5.74) is 5.38. The molecule has 0 unspecified atom stereocenters. The molecule has 210 valence electrons. The molecule has 0 atom stereocenters. The molecule has 0 aliphatic carbocycles. The molecule has 0 aliphatic rings. The van der Waals surface area contributed by atoms with Gasteiger partial charge in [0.2, 0.25) is 0 Å². The summed E-state index contributed by atoms with van der Waals surface area (Å²) in [5.74, 6) is 2.01. The van der Waals surface area contributed by atoms with E-state index in [0.29, 0.717) is 17.5 Å². The summed E-state index contributed by atoms with van der Waals surface area (Å²) in [7, 11) is 0. The van der Waals surface area contributed by atoms with Gasteiger partial charge in [-0.2, -0.15) is 0 Å². The number of nitrogens with zero attached hydrogens (tertiary/aromatic N) is 3. The van der Waals surface area contributed by atoms with E-state index in [1.165, 1.54) is 47.5 Å². The summed E-state index contributed by atoms with van der Waals surface area (Å²) in [6, 6.07) is 53.4. The van der Waals surface area contributed by atoms with Gasteiger partial charge in [0.1, 0.15) is 0 Å². The van der Waals surface area contributed by atoms with Crippen LogP contribution in [0, 0.1) is 0 Å². The maximum absolute atomic E-state index is 5.12. The van der Waals surface area contributed by atoms with Gasteiger partial charge in [-0.05, 0) is 56.9 Å². The highest BCUT2D eigenvalue weighted by Gasteiger charge is 2.17. The minimum Gasteiger partial charge on any atom is -0.208 e. The number of fused-ring (bicyclic) bond motifs is 5. The lowest BCUT2D eigenvalue weighted by molar-refractivity contribution is 1.08. The molecule has 0 radical (unpaired) electrons. The Hall–Kier alpha value is -5.71. The highest BCUT2D eigenvalue weighted by molar-refractivity contribution is 7.26. The predicted molar refractivity (Wildman–Crippen MR) is 189 cm³/mol. The monoisotopic (exact) mass is 591 g/mol. The van der Waals surface area contributed by atoms with Crippen LogP contribution in [0.25, 0.3) is 87.0 Å². The fourth-order valence-corrected chi connectivity index (χ4v) is 7.40. The third-order valence-electron chi connectivity index (χ3n) is 8.50. The van der Waals surface area contributed by atoms with Crippen LogP contribution in [-0.4, -0.2) is 15.0 Å². The number of hydrogen-bond acceptors (Lipinski definition) is 4. The molecule has 0 fully saturated rings.